The molecule has 0 amide bonds. The molecule has 0 spiro atoms. The summed E-state index contributed by atoms with van der Waals surface area (Å²) >= 11 is 11.8. The van der Waals surface area contributed by atoms with Crippen LogP contribution in [0.1, 0.15) is 0 Å². The molecule has 3 rings (SSSR count). The summed E-state index contributed by atoms with van der Waals surface area (Å²) in [6.07, 6.45) is 1.12. The quantitative estimate of drug-likeness (QED) is 0.623. The molecule has 0 fully saturated rings. The molecule has 0 saturated heterocycles. The fourth-order valence-corrected chi connectivity index (χ4v) is 4.05. The van der Waals surface area contributed by atoms with Crippen molar-refractivity contribution in [3.63, 3.8) is 0 Å². The molecule has 1 heterocycles. The first-order valence-corrected chi connectivity index (χ1v) is 9.80. The van der Waals surface area contributed by atoms with Crippen LogP contribution in [0.25, 0.3) is 11.3 Å². The number of benzene rings is 2. The second-order valence-electron chi connectivity index (χ2n) is 5.39. The number of halogens is 4. The van der Waals surface area contributed by atoms with Crippen LogP contribution in [0.5, 0.6) is 5.88 Å². The summed E-state index contributed by atoms with van der Waals surface area (Å²) in [6.45, 7) is 0. The van der Waals surface area contributed by atoms with Crippen molar-refractivity contribution in [1.29, 1.82) is 0 Å². The van der Waals surface area contributed by atoms with E-state index in [1.54, 1.807) is 0 Å². The molecule has 0 unspecified atom stereocenters. The number of nitrogens with one attached hydrogen (secondary N) is 1. The fraction of sp³-hybridized carbons (Fsp3) is 0.0588. The van der Waals surface area contributed by atoms with Crippen LogP contribution in [0.15, 0.2) is 47.5 Å². The molecule has 1 aromatic heterocycles. The lowest BCUT2D eigenvalue weighted by Gasteiger charge is -2.12. The largest absolute Gasteiger partial charge is 0.478 e. The highest BCUT2D eigenvalue weighted by Gasteiger charge is 2.23. The molecule has 146 valence electrons. The van der Waals surface area contributed by atoms with Gasteiger partial charge in [0.05, 0.1) is 29.0 Å². The van der Waals surface area contributed by atoms with E-state index in [1.807, 2.05) is 0 Å². The van der Waals surface area contributed by atoms with Gasteiger partial charge < -0.3 is 4.74 Å². The van der Waals surface area contributed by atoms with Crippen LogP contribution >= 0.6 is 23.2 Å². The number of methoxy groups -OCH3 is 1. The van der Waals surface area contributed by atoms with E-state index in [4.69, 9.17) is 27.9 Å². The summed E-state index contributed by atoms with van der Waals surface area (Å²) in [5, 5.41) is -0.0988. The Bertz CT molecular complexity index is 1160. The van der Waals surface area contributed by atoms with E-state index in [1.165, 1.54) is 31.4 Å². The van der Waals surface area contributed by atoms with Crippen molar-refractivity contribution in [2.75, 3.05) is 11.8 Å². The van der Waals surface area contributed by atoms with Gasteiger partial charge in [-0.25, -0.2) is 27.2 Å². The third kappa shape index (κ3) is 4.01. The molecule has 0 saturated carbocycles. The molecule has 2 aromatic carbocycles. The molecule has 0 bridgehead atoms. The van der Waals surface area contributed by atoms with Crippen LogP contribution in [0.2, 0.25) is 10.0 Å². The lowest BCUT2D eigenvalue weighted by atomic mass is 10.1. The molecule has 28 heavy (non-hydrogen) atoms. The highest BCUT2D eigenvalue weighted by atomic mass is 35.5. The lowest BCUT2D eigenvalue weighted by molar-refractivity contribution is 0.399. The molecule has 0 aliphatic heterocycles. The average Bonchev–Trinajstić information content (AvgIpc) is 2.64. The van der Waals surface area contributed by atoms with Crippen molar-refractivity contribution in [3.05, 3.63) is 64.3 Å². The number of hydrogen-bond donors (Lipinski definition) is 1. The number of sulfonamides is 1. The number of aromatic nitrogens is 2. The third-order valence-electron chi connectivity index (χ3n) is 3.58. The van der Waals surface area contributed by atoms with E-state index in [9.17, 15) is 17.2 Å². The molecule has 1 N–H and O–H groups in total. The number of ether oxygens (including phenoxy) is 1. The number of rotatable bonds is 5. The Hall–Kier alpha value is -2.49. The van der Waals surface area contributed by atoms with Crippen LogP contribution in [0.4, 0.5) is 14.6 Å². The summed E-state index contributed by atoms with van der Waals surface area (Å²) in [7, 11) is -2.93. The van der Waals surface area contributed by atoms with Gasteiger partial charge in [-0.3, -0.25) is 4.72 Å². The molecular weight excluding hydrogens is 435 g/mol. The second kappa shape index (κ2) is 7.86. The zero-order chi connectivity index (χ0) is 20.5. The molecule has 0 atom stereocenters. The third-order valence-corrected chi connectivity index (χ3v) is 5.89. The van der Waals surface area contributed by atoms with Gasteiger partial charge in [-0.05, 0) is 24.3 Å². The SMILES string of the molecule is COc1nc(-c2ccc(F)cc2F)cnc1NS(=O)(=O)c1cccc(Cl)c1Cl. The minimum Gasteiger partial charge on any atom is -0.478 e. The first-order chi connectivity index (χ1) is 13.2. The summed E-state index contributed by atoms with van der Waals surface area (Å²) in [5.41, 5.74) is -0.00224. The summed E-state index contributed by atoms with van der Waals surface area (Å²) in [5.74, 6) is -2.06. The zero-order valence-electron chi connectivity index (χ0n) is 14.1. The first kappa shape index (κ1) is 20.2. The number of anilines is 1. The Balaban J connectivity index is 2.00. The van der Waals surface area contributed by atoms with Gasteiger partial charge in [-0.1, -0.05) is 29.3 Å². The van der Waals surface area contributed by atoms with Gasteiger partial charge in [0, 0.05) is 11.6 Å². The van der Waals surface area contributed by atoms with Crippen LogP contribution in [0.3, 0.4) is 0 Å². The molecular formula is C17H11Cl2F2N3O3S. The number of nitrogens with zero attached hydrogens (tertiary/aromatic N) is 2. The van der Waals surface area contributed by atoms with Crippen molar-refractivity contribution < 1.29 is 21.9 Å². The second-order valence-corrected chi connectivity index (χ2v) is 7.83. The molecule has 3 aromatic rings. The monoisotopic (exact) mass is 445 g/mol. The summed E-state index contributed by atoms with van der Waals surface area (Å²) in [6, 6.07) is 7.06. The molecule has 0 aliphatic carbocycles. The highest BCUT2D eigenvalue weighted by molar-refractivity contribution is 7.92. The first-order valence-electron chi connectivity index (χ1n) is 7.56. The topological polar surface area (TPSA) is 81.2 Å². The van der Waals surface area contributed by atoms with Gasteiger partial charge in [-0.2, -0.15) is 0 Å². The molecule has 0 radical (unpaired) electrons. The van der Waals surface area contributed by atoms with Crippen LogP contribution in [0, 0.1) is 11.6 Å². The van der Waals surface area contributed by atoms with Gasteiger partial charge in [0.15, 0.2) is 0 Å². The van der Waals surface area contributed by atoms with E-state index < -0.39 is 21.7 Å². The maximum Gasteiger partial charge on any atom is 0.264 e. The minimum atomic E-state index is -4.16. The van der Waals surface area contributed by atoms with Crippen LogP contribution in [-0.2, 0) is 10.0 Å². The molecule has 0 aliphatic rings. The Kier molecular flexibility index (Phi) is 5.69. The Morgan fingerprint density at radius 3 is 2.57 bits per heavy atom. The summed E-state index contributed by atoms with van der Waals surface area (Å²) < 4.78 is 59.5. The van der Waals surface area contributed by atoms with Gasteiger partial charge in [-0.15, -0.1) is 0 Å². The Morgan fingerprint density at radius 1 is 1.14 bits per heavy atom. The average molecular weight is 446 g/mol. The fourth-order valence-electron chi connectivity index (χ4n) is 2.29. The maximum absolute atomic E-state index is 14.0. The van der Waals surface area contributed by atoms with Gasteiger partial charge in [0.25, 0.3) is 15.9 Å². The Labute approximate surface area is 169 Å². The summed E-state index contributed by atoms with van der Waals surface area (Å²) in [4.78, 5) is 7.71. The Morgan fingerprint density at radius 2 is 1.89 bits per heavy atom. The van der Waals surface area contributed by atoms with Gasteiger partial charge in [0.2, 0.25) is 5.82 Å². The van der Waals surface area contributed by atoms with E-state index in [0.29, 0.717) is 6.07 Å². The van der Waals surface area contributed by atoms with E-state index in [0.717, 1.165) is 12.3 Å². The van der Waals surface area contributed by atoms with Crippen molar-refractivity contribution in [3.8, 4) is 17.1 Å². The standard InChI is InChI=1S/C17H11Cl2F2N3O3S/c1-27-17-16(24-28(25,26)14-4-2-3-11(18)15(14)19)22-8-13(23-17)10-6-5-9(20)7-12(10)21/h2-8H,1H3,(H,22,24). The normalized spacial score (nSPS) is 11.3. The minimum absolute atomic E-state index is 0.0260. The number of hydrogen-bond acceptors (Lipinski definition) is 5. The van der Waals surface area contributed by atoms with Crippen LogP contribution < -0.4 is 9.46 Å². The van der Waals surface area contributed by atoms with Crippen molar-refractivity contribution in [2.24, 2.45) is 0 Å². The van der Waals surface area contributed by atoms with E-state index >= 15 is 0 Å². The smallest absolute Gasteiger partial charge is 0.264 e. The van der Waals surface area contributed by atoms with Gasteiger partial charge in [0.1, 0.15) is 16.5 Å². The highest BCUT2D eigenvalue weighted by Crippen LogP contribution is 2.32. The maximum atomic E-state index is 14.0. The lowest BCUT2D eigenvalue weighted by Crippen LogP contribution is -2.16. The van der Waals surface area contributed by atoms with Crippen molar-refractivity contribution in [1.82, 2.24) is 9.97 Å². The molecule has 6 nitrogen and oxygen atoms in total. The van der Waals surface area contributed by atoms with E-state index in [-0.39, 0.29) is 37.9 Å². The predicted octanol–water partition coefficient (Wildman–Crippen LogP) is 4.54. The predicted molar refractivity (Wildman–Crippen MR) is 101 cm³/mol. The molecule has 11 heteroatoms. The van der Waals surface area contributed by atoms with Crippen molar-refractivity contribution in [2.45, 2.75) is 4.90 Å². The zero-order valence-corrected chi connectivity index (χ0v) is 16.4. The van der Waals surface area contributed by atoms with Crippen LogP contribution in [-0.4, -0.2) is 25.5 Å². The van der Waals surface area contributed by atoms with Gasteiger partial charge >= 0.3 is 0 Å². The van der Waals surface area contributed by atoms with E-state index in [2.05, 4.69) is 14.7 Å². The van der Waals surface area contributed by atoms with Crippen molar-refractivity contribution >= 4 is 39.0 Å².